The second-order valence-corrected chi connectivity index (χ2v) is 6.23. The van der Waals surface area contributed by atoms with E-state index >= 15 is 0 Å². The molecular weight excluding hydrogens is 320 g/mol. The number of H-pyrrole nitrogens is 1. The lowest BCUT2D eigenvalue weighted by atomic mass is 10.3. The smallest absolute Gasteiger partial charge is 0.237 e. The number of nitrogens with one attached hydrogen (secondary N) is 2. The molecule has 23 heavy (non-hydrogen) atoms. The number of rotatable bonds is 4. The van der Waals surface area contributed by atoms with Gasteiger partial charge in [0.15, 0.2) is 5.16 Å². The zero-order valence-electron chi connectivity index (χ0n) is 12.1. The SMILES string of the molecule is C[C@H](Sc1nc2ccccc2[nH]1)C(=O)Nc1c(F)cccc1F. The van der Waals surface area contributed by atoms with E-state index < -0.39 is 28.5 Å². The van der Waals surface area contributed by atoms with E-state index in [9.17, 15) is 13.6 Å². The molecule has 0 fully saturated rings. The number of para-hydroxylation sites is 3. The summed E-state index contributed by atoms with van der Waals surface area (Å²) in [5, 5.41) is 2.28. The molecule has 118 valence electrons. The summed E-state index contributed by atoms with van der Waals surface area (Å²) < 4.78 is 27.1. The number of anilines is 1. The number of aromatic nitrogens is 2. The molecule has 0 unspecified atom stereocenters. The van der Waals surface area contributed by atoms with Gasteiger partial charge in [0.05, 0.1) is 16.3 Å². The predicted octanol–water partition coefficient (Wildman–Crippen LogP) is 3.96. The van der Waals surface area contributed by atoms with Crippen molar-refractivity contribution in [1.29, 1.82) is 0 Å². The van der Waals surface area contributed by atoms with Gasteiger partial charge in [-0.05, 0) is 31.2 Å². The number of carbonyl (C=O) groups is 1. The van der Waals surface area contributed by atoms with E-state index in [-0.39, 0.29) is 0 Å². The normalized spacial score (nSPS) is 12.3. The van der Waals surface area contributed by atoms with Crippen molar-refractivity contribution in [3.63, 3.8) is 0 Å². The molecular formula is C16H13F2N3OS. The van der Waals surface area contributed by atoms with Crippen LogP contribution >= 0.6 is 11.8 Å². The van der Waals surface area contributed by atoms with Gasteiger partial charge in [-0.3, -0.25) is 4.79 Å². The molecule has 0 bridgehead atoms. The Bertz CT molecular complexity index is 812. The van der Waals surface area contributed by atoms with Gasteiger partial charge in [0.2, 0.25) is 5.91 Å². The van der Waals surface area contributed by atoms with Crippen LogP contribution in [0, 0.1) is 11.6 Å². The molecule has 1 aromatic heterocycles. The number of fused-ring (bicyclic) bond motifs is 1. The minimum atomic E-state index is -0.806. The molecule has 1 amide bonds. The van der Waals surface area contributed by atoms with Gasteiger partial charge >= 0.3 is 0 Å². The number of hydrogen-bond donors (Lipinski definition) is 2. The van der Waals surface area contributed by atoms with Crippen molar-refractivity contribution in [1.82, 2.24) is 9.97 Å². The fourth-order valence-corrected chi connectivity index (χ4v) is 2.87. The average Bonchev–Trinajstić information content (AvgIpc) is 2.93. The summed E-state index contributed by atoms with van der Waals surface area (Å²) in [4.78, 5) is 19.6. The molecule has 3 aromatic rings. The Morgan fingerprint density at radius 3 is 2.57 bits per heavy atom. The first-order valence-electron chi connectivity index (χ1n) is 6.91. The molecule has 0 saturated carbocycles. The highest BCUT2D eigenvalue weighted by Crippen LogP contribution is 2.25. The van der Waals surface area contributed by atoms with Crippen LogP contribution in [-0.2, 0) is 4.79 Å². The maximum Gasteiger partial charge on any atom is 0.237 e. The first-order valence-corrected chi connectivity index (χ1v) is 7.79. The van der Waals surface area contributed by atoms with E-state index in [1.807, 2.05) is 24.3 Å². The number of aromatic amines is 1. The number of carbonyl (C=O) groups excluding carboxylic acids is 1. The van der Waals surface area contributed by atoms with Crippen LogP contribution in [0.4, 0.5) is 14.5 Å². The van der Waals surface area contributed by atoms with Crippen LogP contribution in [0.3, 0.4) is 0 Å². The zero-order chi connectivity index (χ0) is 16.4. The van der Waals surface area contributed by atoms with Gasteiger partial charge in [-0.2, -0.15) is 0 Å². The van der Waals surface area contributed by atoms with Crippen LogP contribution in [0.5, 0.6) is 0 Å². The van der Waals surface area contributed by atoms with Gasteiger partial charge in [0, 0.05) is 0 Å². The van der Waals surface area contributed by atoms with E-state index in [4.69, 9.17) is 0 Å². The lowest BCUT2D eigenvalue weighted by Crippen LogP contribution is -2.23. The molecule has 0 aliphatic rings. The summed E-state index contributed by atoms with van der Waals surface area (Å²) in [5.74, 6) is -2.11. The number of nitrogens with zero attached hydrogens (tertiary/aromatic N) is 1. The molecule has 1 heterocycles. The average molecular weight is 333 g/mol. The highest BCUT2D eigenvalue weighted by molar-refractivity contribution is 8.00. The maximum atomic E-state index is 13.6. The van der Waals surface area contributed by atoms with Crippen molar-refractivity contribution in [2.24, 2.45) is 0 Å². The minimum Gasteiger partial charge on any atom is -0.333 e. The Morgan fingerprint density at radius 2 is 1.87 bits per heavy atom. The van der Waals surface area contributed by atoms with Crippen LogP contribution in [0.2, 0.25) is 0 Å². The van der Waals surface area contributed by atoms with Crippen LogP contribution < -0.4 is 5.32 Å². The van der Waals surface area contributed by atoms with Crippen LogP contribution in [0.25, 0.3) is 11.0 Å². The molecule has 0 radical (unpaired) electrons. The van der Waals surface area contributed by atoms with Crippen LogP contribution in [-0.4, -0.2) is 21.1 Å². The molecule has 2 aromatic carbocycles. The number of thioether (sulfide) groups is 1. The summed E-state index contributed by atoms with van der Waals surface area (Å²) in [5.41, 5.74) is 1.22. The number of benzene rings is 2. The Balaban J connectivity index is 1.72. The molecule has 0 aliphatic carbocycles. The quantitative estimate of drug-likeness (QED) is 0.711. The standard InChI is InChI=1S/C16H13F2N3OS/c1-9(15(22)21-14-10(17)5-4-6-11(14)18)23-16-19-12-7-2-3-8-13(12)20-16/h2-9H,1H3,(H,19,20)(H,21,22)/t9-/m0/s1. The van der Waals surface area contributed by atoms with E-state index in [1.54, 1.807) is 6.92 Å². The highest BCUT2D eigenvalue weighted by Gasteiger charge is 2.19. The van der Waals surface area contributed by atoms with Gasteiger partial charge in [-0.1, -0.05) is 30.0 Å². The fraction of sp³-hybridized carbons (Fsp3) is 0.125. The molecule has 7 heteroatoms. The van der Waals surface area contributed by atoms with Crippen molar-refractivity contribution < 1.29 is 13.6 Å². The summed E-state index contributed by atoms with van der Waals surface area (Å²) in [6, 6.07) is 10.9. The van der Waals surface area contributed by atoms with Crippen molar-refractivity contribution in [3.8, 4) is 0 Å². The maximum absolute atomic E-state index is 13.6. The van der Waals surface area contributed by atoms with Crippen molar-refractivity contribution in [2.75, 3.05) is 5.32 Å². The topological polar surface area (TPSA) is 57.8 Å². The second kappa shape index (κ2) is 6.37. The lowest BCUT2D eigenvalue weighted by molar-refractivity contribution is -0.115. The number of hydrogen-bond acceptors (Lipinski definition) is 3. The van der Waals surface area contributed by atoms with E-state index in [0.717, 1.165) is 23.2 Å². The van der Waals surface area contributed by atoms with Crippen molar-refractivity contribution in [2.45, 2.75) is 17.3 Å². The second-order valence-electron chi connectivity index (χ2n) is 4.91. The molecule has 1 atom stereocenters. The third kappa shape index (κ3) is 3.34. The Kier molecular flexibility index (Phi) is 4.29. The molecule has 0 saturated heterocycles. The minimum absolute atomic E-state index is 0.436. The van der Waals surface area contributed by atoms with Gasteiger partial charge in [0.1, 0.15) is 17.3 Å². The summed E-state index contributed by atoms with van der Waals surface area (Å²) in [7, 11) is 0. The van der Waals surface area contributed by atoms with E-state index in [0.29, 0.717) is 5.16 Å². The Labute approximate surface area is 135 Å². The Hall–Kier alpha value is -2.41. The van der Waals surface area contributed by atoms with Crippen LogP contribution in [0.1, 0.15) is 6.92 Å². The molecule has 4 nitrogen and oxygen atoms in total. The molecule has 3 rings (SSSR count). The van der Waals surface area contributed by atoms with E-state index in [1.165, 1.54) is 17.8 Å². The predicted molar refractivity (Wildman–Crippen MR) is 86.4 cm³/mol. The highest BCUT2D eigenvalue weighted by atomic mass is 32.2. The Morgan fingerprint density at radius 1 is 1.17 bits per heavy atom. The van der Waals surface area contributed by atoms with Gasteiger partial charge in [-0.15, -0.1) is 0 Å². The van der Waals surface area contributed by atoms with Crippen LogP contribution in [0.15, 0.2) is 47.6 Å². The van der Waals surface area contributed by atoms with Gasteiger partial charge in [0.25, 0.3) is 0 Å². The van der Waals surface area contributed by atoms with Crippen molar-refractivity contribution >= 4 is 34.4 Å². The summed E-state index contributed by atoms with van der Waals surface area (Å²) >= 11 is 1.18. The first-order chi connectivity index (χ1) is 11.0. The third-order valence-corrected chi connectivity index (χ3v) is 4.22. The summed E-state index contributed by atoms with van der Waals surface area (Å²) in [6.07, 6.45) is 0. The number of amides is 1. The number of halogens is 2. The molecule has 2 N–H and O–H groups in total. The largest absolute Gasteiger partial charge is 0.333 e. The fourth-order valence-electron chi connectivity index (χ4n) is 2.05. The summed E-state index contributed by atoms with van der Waals surface area (Å²) in [6.45, 7) is 1.64. The molecule has 0 spiro atoms. The first kappa shape index (κ1) is 15.5. The van der Waals surface area contributed by atoms with Gasteiger partial charge in [-0.25, -0.2) is 13.8 Å². The zero-order valence-corrected chi connectivity index (χ0v) is 13.0. The lowest BCUT2D eigenvalue weighted by Gasteiger charge is -2.11. The monoisotopic (exact) mass is 333 g/mol. The third-order valence-electron chi connectivity index (χ3n) is 3.24. The van der Waals surface area contributed by atoms with Gasteiger partial charge < -0.3 is 10.3 Å². The number of imidazole rings is 1. The van der Waals surface area contributed by atoms with E-state index in [2.05, 4.69) is 15.3 Å². The van der Waals surface area contributed by atoms with Crippen molar-refractivity contribution in [3.05, 3.63) is 54.1 Å². The molecule has 0 aliphatic heterocycles.